The molecule has 29 heavy (non-hydrogen) atoms. The highest BCUT2D eigenvalue weighted by Gasteiger charge is 2.40. The Morgan fingerprint density at radius 1 is 1.28 bits per heavy atom. The zero-order valence-electron chi connectivity index (χ0n) is 15.2. The van der Waals surface area contributed by atoms with E-state index in [4.69, 9.17) is 9.76 Å². The largest absolute Gasteiger partial charge is 0.491 e. The predicted octanol–water partition coefficient (Wildman–Crippen LogP) is 0.119. The molecule has 12 heteroatoms. The van der Waals surface area contributed by atoms with E-state index in [9.17, 15) is 32.6 Å². The lowest BCUT2D eigenvalue weighted by atomic mass is 9.77. The molecule has 1 aromatic rings. The molecule has 2 aliphatic rings. The Labute approximate surface area is 163 Å². The number of carbonyl (C=O) groups excluding carboxylic acids is 2. The molecule has 1 atom stereocenters. The summed E-state index contributed by atoms with van der Waals surface area (Å²) in [6.45, 7) is 0.0597. The number of nitrogens with one attached hydrogen (secondary N) is 1. The van der Waals surface area contributed by atoms with Gasteiger partial charge in [-0.3, -0.25) is 14.4 Å². The summed E-state index contributed by atoms with van der Waals surface area (Å²) in [6.07, 6.45) is -4.78. The van der Waals surface area contributed by atoms with Gasteiger partial charge in [0.1, 0.15) is 0 Å². The topological polar surface area (TPSA) is 116 Å². The zero-order chi connectivity index (χ0) is 21.3. The Morgan fingerprint density at radius 3 is 2.66 bits per heavy atom. The summed E-state index contributed by atoms with van der Waals surface area (Å²) in [4.78, 5) is 36.4. The first-order valence-electron chi connectivity index (χ1n) is 8.90. The molecule has 0 aromatic heterocycles. The molecule has 1 fully saturated rings. The summed E-state index contributed by atoms with van der Waals surface area (Å²) in [5.74, 6) is -2.21. The second-order valence-corrected chi connectivity index (χ2v) is 6.95. The highest BCUT2D eigenvalue weighted by atomic mass is 19.4. The summed E-state index contributed by atoms with van der Waals surface area (Å²) in [6, 6.07) is 1.42. The number of hydrogen-bond acceptors (Lipinski definition) is 5. The molecule has 2 heterocycles. The molecule has 8 nitrogen and oxygen atoms in total. The first-order valence-corrected chi connectivity index (χ1v) is 8.90. The van der Waals surface area contributed by atoms with E-state index >= 15 is 0 Å². The minimum absolute atomic E-state index is 0.0955. The molecule has 1 saturated heterocycles. The Kier molecular flexibility index (Phi) is 5.85. The molecule has 3 rings (SSSR count). The number of carbonyl (C=O) groups is 3. The SMILES string of the molecule is O=C(O)CCC(=O)N1CCC(NC(=O)c2cc3c(c(C(F)(F)F)c2)COB3O)C1. The smallest absolute Gasteiger partial charge is 0.481 e. The standard InChI is InChI=1S/C17H18BF3N2O6/c19-17(20,21)12-5-9(6-13-11(12)8-29-18(13)28)16(27)22-10-3-4-23(7-10)14(24)1-2-15(25)26/h5-6,10,28H,1-4,7-8H2,(H,22,27)(H,25,26). The van der Waals surface area contributed by atoms with Crippen LogP contribution >= 0.6 is 0 Å². The van der Waals surface area contributed by atoms with Crippen LogP contribution < -0.4 is 10.8 Å². The van der Waals surface area contributed by atoms with Crippen molar-refractivity contribution >= 4 is 30.4 Å². The zero-order valence-corrected chi connectivity index (χ0v) is 15.2. The molecule has 1 unspecified atom stereocenters. The van der Waals surface area contributed by atoms with Crippen molar-refractivity contribution in [2.75, 3.05) is 13.1 Å². The molecule has 0 aliphatic carbocycles. The first-order chi connectivity index (χ1) is 13.6. The highest BCUT2D eigenvalue weighted by molar-refractivity contribution is 6.61. The minimum atomic E-state index is -4.71. The Bertz CT molecular complexity index is 847. The highest BCUT2D eigenvalue weighted by Crippen LogP contribution is 2.34. The lowest BCUT2D eigenvalue weighted by Crippen LogP contribution is -2.39. The van der Waals surface area contributed by atoms with Crippen molar-refractivity contribution in [2.24, 2.45) is 0 Å². The second kappa shape index (κ2) is 8.03. The molecule has 0 radical (unpaired) electrons. The molecular weight excluding hydrogens is 396 g/mol. The molecule has 2 aliphatic heterocycles. The maximum Gasteiger partial charge on any atom is 0.491 e. The Hall–Kier alpha value is -2.60. The number of hydrogen-bond donors (Lipinski definition) is 3. The van der Waals surface area contributed by atoms with Crippen LogP contribution in [0.5, 0.6) is 0 Å². The Balaban J connectivity index is 1.70. The third-order valence-corrected chi connectivity index (χ3v) is 4.93. The summed E-state index contributed by atoms with van der Waals surface area (Å²) >= 11 is 0. The van der Waals surface area contributed by atoms with Gasteiger partial charge in [0.2, 0.25) is 5.91 Å². The molecule has 0 spiro atoms. The fourth-order valence-corrected chi connectivity index (χ4v) is 3.46. The predicted molar refractivity (Wildman–Crippen MR) is 93.2 cm³/mol. The van der Waals surface area contributed by atoms with Crippen LogP contribution in [0.1, 0.15) is 40.7 Å². The van der Waals surface area contributed by atoms with E-state index in [2.05, 4.69) is 5.32 Å². The number of alkyl halides is 3. The molecule has 0 bridgehead atoms. The van der Waals surface area contributed by atoms with Crippen molar-refractivity contribution < 1.29 is 42.3 Å². The normalized spacial score (nSPS) is 18.7. The van der Waals surface area contributed by atoms with Gasteiger partial charge in [-0.15, -0.1) is 0 Å². The summed E-state index contributed by atoms with van der Waals surface area (Å²) in [7, 11) is -1.53. The molecular formula is C17H18BF3N2O6. The third-order valence-electron chi connectivity index (χ3n) is 4.93. The van der Waals surface area contributed by atoms with Crippen LogP contribution in [0.4, 0.5) is 13.2 Å². The van der Waals surface area contributed by atoms with Crippen LogP contribution in [-0.2, 0) is 27.0 Å². The lowest BCUT2D eigenvalue weighted by molar-refractivity contribution is -0.140. The molecule has 1 aromatic carbocycles. The Morgan fingerprint density at radius 2 is 2.00 bits per heavy atom. The quantitative estimate of drug-likeness (QED) is 0.590. The van der Waals surface area contributed by atoms with Crippen LogP contribution in [0.25, 0.3) is 0 Å². The van der Waals surface area contributed by atoms with Gasteiger partial charge in [0, 0.05) is 31.1 Å². The van der Waals surface area contributed by atoms with E-state index in [1.165, 1.54) is 11.0 Å². The lowest BCUT2D eigenvalue weighted by Gasteiger charge is -2.18. The van der Waals surface area contributed by atoms with E-state index in [0.29, 0.717) is 13.0 Å². The number of carboxylic acids is 1. The average Bonchev–Trinajstić information content (AvgIpc) is 3.25. The second-order valence-electron chi connectivity index (χ2n) is 6.95. The van der Waals surface area contributed by atoms with Crippen molar-refractivity contribution in [2.45, 2.75) is 38.1 Å². The van der Waals surface area contributed by atoms with Gasteiger partial charge >= 0.3 is 19.3 Å². The van der Waals surface area contributed by atoms with Gasteiger partial charge in [-0.25, -0.2) is 0 Å². The number of carboxylic acid groups (broad SMARTS) is 1. The van der Waals surface area contributed by atoms with Crippen LogP contribution in [0.3, 0.4) is 0 Å². The minimum Gasteiger partial charge on any atom is -0.481 e. The number of halogens is 3. The van der Waals surface area contributed by atoms with Crippen molar-refractivity contribution in [1.82, 2.24) is 10.2 Å². The molecule has 3 N–H and O–H groups in total. The number of likely N-dealkylation sites (tertiary alicyclic amines) is 1. The van der Waals surface area contributed by atoms with Crippen LogP contribution in [0.2, 0.25) is 0 Å². The van der Waals surface area contributed by atoms with E-state index in [1.807, 2.05) is 0 Å². The van der Waals surface area contributed by atoms with E-state index < -0.39 is 43.4 Å². The van der Waals surface area contributed by atoms with Gasteiger partial charge in [0.25, 0.3) is 5.91 Å². The number of aliphatic carboxylic acids is 1. The summed E-state index contributed by atoms with van der Waals surface area (Å²) in [5.41, 5.74) is -1.59. The van der Waals surface area contributed by atoms with Gasteiger partial charge in [-0.1, -0.05) is 0 Å². The van der Waals surface area contributed by atoms with Gasteiger partial charge in [0.15, 0.2) is 0 Å². The molecule has 0 saturated carbocycles. The van der Waals surface area contributed by atoms with E-state index in [1.54, 1.807) is 0 Å². The van der Waals surface area contributed by atoms with Gasteiger partial charge in [-0.2, -0.15) is 13.2 Å². The van der Waals surface area contributed by atoms with Crippen molar-refractivity contribution in [3.63, 3.8) is 0 Å². The maximum atomic E-state index is 13.3. The number of benzene rings is 1. The summed E-state index contributed by atoms with van der Waals surface area (Å²) in [5, 5.41) is 21.0. The van der Waals surface area contributed by atoms with Crippen LogP contribution in [0.15, 0.2) is 12.1 Å². The number of rotatable bonds is 5. The fourth-order valence-electron chi connectivity index (χ4n) is 3.46. The van der Waals surface area contributed by atoms with Gasteiger partial charge in [0.05, 0.1) is 18.6 Å². The third kappa shape index (κ3) is 4.70. The molecule has 156 valence electrons. The van der Waals surface area contributed by atoms with Gasteiger partial charge in [-0.05, 0) is 29.6 Å². The van der Waals surface area contributed by atoms with Crippen LogP contribution in [-0.4, -0.2) is 59.1 Å². The summed E-state index contributed by atoms with van der Waals surface area (Å²) < 4.78 is 44.8. The number of fused-ring (bicyclic) bond motifs is 1. The van der Waals surface area contributed by atoms with Crippen molar-refractivity contribution in [3.8, 4) is 0 Å². The number of nitrogens with zero attached hydrogens (tertiary/aromatic N) is 1. The van der Waals surface area contributed by atoms with E-state index in [0.717, 1.165) is 6.07 Å². The number of amides is 2. The fraction of sp³-hybridized carbons (Fsp3) is 0.471. The average molecular weight is 414 g/mol. The van der Waals surface area contributed by atoms with E-state index in [-0.39, 0.29) is 41.9 Å². The maximum absolute atomic E-state index is 13.3. The van der Waals surface area contributed by atoms with Crippen LogP contribution in [0, 0.1) is 0 Å². The van der Waals surface area contributed by atoms with Crippen molar-refractivity contribution in [3.05, 3.63) is 28.8 Å². The first kappa shape index (κ1) is 21.1. The van der Waals surface area contributed by atoms with Gasteiger partial charge < -0.3 is 25.0 Å². The van der Waals surface area contributed by atoms with Crippen molar-refractivity contribution in [1.29, 1.82) is 0 Å². The monoisotopic (exact) mass is 414 g/mol. The molecule has 2 amide bonds.